The molecule has 1 atom stereocenters. The number of carbonyl (C=O) groups is 3. The van der Waals surface area contributed by atoms with Crippen LogP contribution in [0.1, 0.15) is 355 Å². The number of rotatable bonds is 63. The molecule has 0 N–H and O–H groups in total. The van der Waals surface area contributed by atoms with E-state index in [1.807, 2.05) is 0 Å². The summed E-state index contributed by atoms with van der Waals surface area (Å²) in [4.78, 5) is 38.2. The normalized spacial score (nSPS) is 12.5. The van der Waals surface area contributed by atoms with E-state index in [2.05, 4.69) is 93.7 Å². The molecule has 0 heterocycles. The van der Waals surface area contributed by atoms with Gasteiger partial charge < -0.3 is 14.2 Å². The fourth-order valence-corrected chi connectivity index (χ4v) is 9.96. The second kappa shape index (κ2) is 67.4. The lowest BCUT2D eigenvalue weighted by Crippen LogP contribution is -2.30. The second-order valence-electron chi connectivity index (χ2n) is 23.1. The minimum Gasteiger partial charge on any atom is -0.462 e. The molecule has 0 saturated carbocycles. The van der Waals surface area contributed by atoms with Crippen LogP contribution in [0.2, 0.25) is 0 Å². The Kier molecular flexibility index (Phi) is 64.7. The Bertz CT molecular complexity index is 1450. The molecule has 0 aromatic carbocycles. The molecule has 0 aromatic heterocycles. The summed E-state index contributed by atoms with van der Waals surface area (Å²) in [6, 6.07) is 0. The van der Waals surface area contributed by atoms with E-state index in [4.69, 9.17) is 14.2 Å². The van der Waals surface area contributed by atoms with Crippen molar-refractivity contribution in [3.05, 3.63) is 72.9 Å². The third-order valence-corrected chi connectivity index (χ3v) is 15.1. The average molecular weight is 1100 g/mol. The highest BCUT2D eigenvalue weighted by molar-refractivity contribution is 5.71. The SMILES string of the molecule is CCC/C=C\CCCCCCCC(=O)OCC(COC(=O)CCCCCCCCCCCCCCCCCCCC/C=C\C/C=C\C/C=C\CCCCCCC)OC(=O)CCCCCCCCC/C=C\C/C=C\CCCCCC. The zero-order valence-corrected chi connectivity index (χ0v) is 52.6. The first-order valence-electron chi connectivity index (χ1n) is 34.4. The van der Waals surface area contributed by atoms with Gasteiger partial charge in [0.25, 0.3) is 0 Å². The maximum absolute atomic E-state index is 12.9. The van der Waals surface area contributed by atoms with Crippen LogP contribution in [-0.2, 0) is 28.6 Å². The zero-order valence-electron chi connectivity index (χ0n) is 52.6. The van der Waals surface area contributed by atoms with Crippen molar-refractivity contribution in [3.8, 4) is 0 Å². The van der Waals surface area contributed by atoms with Crippen LogP contribution in [0.3, 0.4) is 0 Å². The molecule has 458 valence electrons. The first kappa shape index (κ1) is 75.8. The van der Waals surface area contributed by atoms with Gasteiger partial charge in [-0.1, -0.05) is 299 Å². The first-order chi connectivity index (χ1) is 39.0. The molecule has 0 fully saturated rings. The maximum atomic E-state index is 12.9. The summed E-state index contributed by atoms with van der Waals surface area (Å²) < 4.78 is 16.9. The van der Waals surface area contributed by atoms with E-state index < -0.39 is 6.10 Å². The number of hydrogen-bond acceptors (Lipinski definition) is 6. The molecule has 0 aliphatic carbocycles. The highest BCUT2D eigenvalue weighted by Gasteiger charge is 2.19. The number of unbranched alkanes of at least 4 members (excludes halogenated alkanes) is 40. The van der Waals surface area contributed by atoms with E-state index >= 15 is 0 Å². The van der Waals surface area contributed by atoms with Crippen LogP contribution < -0.4 is 0 Å². The van der Waals surface area contributed by atoms with Crippen molar-refractivity contribution >= 4 is 17.9 Å². The van der Waals surface area contributed by atoms with Crippen molar-refractivity contribution in [3.63, 3.8) is 0 Å². The van der Waals surface area contributed by atoms with Crippen molar-refractivity contribution < 1.29 is 28.6 Å². The van der Waals surface area contributed by atoms with Gasteiger partial charge in [-0.15, -0.1) is 0 Å². The molecule has 1 unspecified atom stereocenters. The van der Waals surface area contributed by atoms with Crippen LogP contribution in [0.15, 0.2) is 72.9 Å². The van der Waals surface area contributed by atoms with Gasteiger partial charge in [0.05, 0.1) is 0 Å². The van der Waals surface area contributed by atoms with Gasteiger partial charge in [0, 0.05) is 19.3 Å². The van der Waals surface area contributed by atoms with Gasteiger partial charge in [0.1, 0.15) is 13.2 Å². The molecule has 0 radical (unpaired) electrons. The second-order valence-corrected chi connectivity index (χ2v) is 23.1. The van der Waals surface area contributed by atoms with Crippen LogP contribution in [0, 0.1) is 0 Å². The molecule has 0 aromatic rings. The van der Waals surface area contributed by atoms with Gasteiger partial charge in [-0.3, -0.25) is 14.4 Å². The van der Waals surface area contributed by atoms with E-state index in [-0.39, 0.29) is 31.1 Å². The molecule has 0 amide bonds. The molecule has 6 heteroatoms. The largest absolute Gasteiger partial charge is 0.462 e. The summed E-state index contributed by atoms with van der Waals surface area (Å²) in [6.45, 7) is 6.57. The van der Waals surface area contributed by atoms with E-state index in [1.165, 1.54) is 218 Å². The minimum atomic E-state index is -0.782. The molecular formula is C73H130O6. The van der Waals surface area contributed by atoms with Crippen molar-refractivity contribution in [2.45, 2.75) is 361 Å². The number of carbonyl (C=O) groups excluding carboxylic acids is 3. The van der Waals surface area contributed by atoms with E-state index in [1.54, 1.807) is 0 Å². The average Bonchev–Trinajstić information content (AvgIpc) is 3.45. The molecular weight excluding hydrogens is 973 g/mol. The van der Waals surface area contributed by atoms with Gasteiger partial charge >= 0.3 is 17.9 Å². The quantitative estimate of drug-likeness (QED) is 0.0261. The van der Waals surface area contributed by atoms with E-state index in [9.17, 15) is 14.4 Å². The van der Waals surface area contributed by atoms with Gasteiger partial charge in [-0.2, -0.15) is 0 Å². The van der Waals surface area contributed by atoms with Crippen molar-refractivity contribution in [1.82, 2.24) is 0 Å². The van der Waals surface area contributed by atoms with Crippen molar-refractivity contribution in [1.29, 1.82) is 0 Å². The third kappa shape index (κ3) is 65.5. The van der Waals surface area contributed by atoms with Gasteiger partial charge in [0.2, 0.25) is 0 Å². The van der Waals surface area contributed by atoms with Crippen LogP contribution in [-0.4, -0.2) is 37.2 Å². The Labute approximate surface area is 491 Å². The predicted octanol–water partition coefficient (Wildman–Crippen LogP) is 23.7. The molecule has 0 bridgehead atoms. The van der Waals surface area contributed by atoms with Gasteiger partial charge in [0.15, 0.2) is 6.10 Å². The molecule has 0 saturated heterocycles. The van der Waals surface area contributed by atoms with E-state index in [0.29, 0.717) is 19.3 Å². The Hall–Kier alpha value is -3.15. The summed E-state index contributed by atoms with van der Waals surface area (Å²) in [6.07, 6.45) is 88.0. The summed E-state index contributed by atoms with van der Waals surface area (Å²) in [5, 5.41) is 0. The molecule has 0 spiro atoms. The molecule has 6 nitrogen and oxygen atoms in total. The molecule has 0 aliphatic heterocycles. The number of ether oxygens (including phenoxy) is 3. The highest BCUT2D eigenvalue weighted by Crippen LogP contribution is 2.17. The molecule has 0 rings (SSSR count). The Morgan fingerprint density at radius 3 is 0.785 bits per heavy atom. The van der Waals surface area contributed by atoms with Crippen LogP contribution in [0.5, 0.6) is 0 Å². The Balaban J connectivity index is 4.10. The summed E-state index contributed by atoms with van der Waals surface area (Å²) in [5.74, 6) is -0.882. The number of allylic oxidation sites excluding steroid dienone is 12. The summed E-state index contributed by atoms with van der Waals surface area (Å²) in [7, 11) is 0. The van der Waals surface area contributed by atoms with Crippen LogP contribution >= 0.6 is 0 Å². The Morgan fingerprint density at radius 1 is 0.253 bits per heavy atom. The topological polar surface area (TPSA) is 78.9 Å². The lowest BCUT2D eigenvalue weighted by Gasteiger charge is -2.18. The van der Waals surface area contributed by atoms with Gasteiger partial charge in [-0.05, 0) is 109 Å². The zero-order chi connectivity index (χ0) is 57.1. The molecule has 79 heavy (non-hydrogen) atoms. The lowest BCUT2D eigenvalue weighted by molar-refractivity contribution is -0.167. The van der Waals surface area contributed by atoms with Gasteiger partial charge in [-0.25, -0.2) is 0 Å². The van der Waals surface area contributed by atoms with Crippen molar-refractivity contribution in [2.24, 2.45) is 0 Å². The summed E-state index contributed by atoms with van der Waals surface area (Å²) in [5.41, 5.74) is 0. The minimum absolute atomic E-state index is 0.0783. The maximum Gasteiger partial charge on any atom is 0.306 e. The fraction of sp³-hybridized carbons (Fsp3) is 0.795. The molecule has 0 aliphatic rings. The standard InChI is InChI=1S/C73H130O6/c1-4-7-10-13-16-19-22-24-26-28-30-31-32-33-34-35-36-37-38-39-40-41-42-43-44-46-47-49-51-54-57-60-63-66-72(75)78-69-70(68-77-71(74)65-62-59-56-53-21-18-15-12-9-6-3)79-73(76)67-64-61-58-55-52-50-48-45-29-27-25-23-20-17-14-11-8-5-2/h12,15,20,22-24,27-30,32-33,70H,4-11,13-14,16-19,21,25-26,31,34-69H2,1-3H3/b15-12-,23-20-,24-22-,29-27-,30-28-,33-32-. The fourth-order valence-electron chi connectivity index (χ4n) is 9.96. The summed E-state index contributed by atoms with van der Waals surface area (Å²) >= 11 is 0. The van der Waals surface area contributed by atoms with Crippen LogP contribution in [0.25, 0.3) is 0 Å². The first-order valence-corrected chi connectivity index (χ1v) is 34.4. The highest BCUT2D eigenvalue weighted by atomic mass is 16.6. The third-order valence-electron chi connectivity index (χ3n) is 15.1. The van der Waals surface area contributed by atoms with Crippen molar-refractivity contribution in [2.75, 3.05) is 13.2 Å². The van der Waals surface area contributed by atoms with Crippen LogP contribution in [0.4, 0.5) is 0 Å². The number of esters is 3. The smallest absolute Gasteiger partial charge is 0.306 e. The predicted molar refractivity (Wildman–Crippen MR) is 344 cm³/mol. The van der Waals surface area contributed by atoms with E-state index in [0.717, 1.165) is 96.3 Å². The number of hydrogen-bond donors (Lipinski definition) is 0. The lowest BCUT2D eigenvalue weighted by atomic mass is 10.0. The Morgan fingerprint density at radius 2 is 0.481 bits per heavy atom. The monoisotopic (exact) mass is 1100 g/mol.